The molecule has 0 aliphatic carbocycles. The molecule has 0 aliphatic heterocycles. The van der Waals surface area contributed by atoms with Gasteiger partial charge in [0.1, 0.15) is 11.0 Å². The standard InChI is InChI=1S/C17H15F3N4O2S.C2H4O/c1-9(21-2)3-4-10-7-23-13(8-22-10)26-12-6-5-11-15(14(12)25)27-16(24-11)17(18,19)20;1-2-3/h3-9,21,25H,1-2H3;2H,1H3/b4-3+;. The molecular weight excluding hydrogens is 421 g/mol. The highest BCUT2D eigenvalue weighted by molar-refractivity contribution is 7.19. The topological polar surface area (TPSA) is 97.2 Å². The van der Waals surface area contributed by atoms with Crippen molar-refractivity contribution in [2.75, 3.05) is 7.05 Å². The number of thiazole rings is 1. The second-order valence-electron chi connectivity index (χ2n) is 5.83. The van der Waals surface area contributed by atoms with Gasteiger partial charge in [0.2, 0.25) is 5.88 Å². The van der Waals surface area contributed by atoms with E-state index in [4.69, 9.17) is 9.53 Å². The maximum absolute atomic E-state index is 12.8. The number of carbonyl (C=O) groups is 1. The third kappa shape index (κ3) is 5.97. The van der Waals surface area contributed by atoms with Crippen molar-refractivity contribution < 1.29 is 27.8 Å². The Morgan fingerprint density at radius 2 is 1.97 bits per heavy atom. The molecule has 7 nitrogen and oxygen atoms in total. The Morgan fingerprint density at radius 3 is 2.53 bits per heavy atom. The fourth-order valence-corrected chi connectivity index (χ4v) is 2.95. The van der Waals surface area contributed by atoms with E-state index in [2.05, 4.69) is 20.3 Å². The Hall–Kier alpha value is -3.05. The van der Waals surface area contributed by atoms with Crippen LogP contribution in [0.4, 0.5) is 13.2 Å². The third-order valence-corrected chi connectivity index (χ3v) is 4.73. The SMILES string of the molecule is CC=O.CNC(C)/C=C/c1cnc(Oc2ccc3nc(C(F)(F)F)sc3c2O)cn1. The van der Waals surface area contributed by atoms with E-state index in [1.165, 1.54) is 31.5 Å². The summed E-state index contributed by atoms with van der Waals surface area (Å²) in [6, 6.07) is 2.86. The fourth-order valence-electron chi connectivity index (χ4n) is 2.08. The van der Waals surface area contributed by atoms with Gasteiger partial charge in [-0.05, 0) is 39.1 Å². The molecule has 0 bridgehead atoms. The lowest BCUT2D eigenvalue weighted by atomic mass is 10.3. The summed E-state index contributed by atoms with van der Waals surface area (Å²) in [5.74, 6) is -0.348. The molecule has 0 fully saturated rings. The molecule has 2 N–H and O–H groups in total. The van der Waals surface area contributed by atoms with E-state index in [0.29, 0.717) is 17.0 Å². The second-order valence-corrected chi connectivity index (χ2v) is 6.83. The number of phenols is 1. The Labute approximate surface area is 174 Å². The molecule has 30 heavy (non-hydrogen) atoms. The van der Waals surface area contributed by atoms with Gasteiger partial charge >= 0.3 is 6.18 Å². The summed E-state index contributed by atoms with van der Waals surface area (Å²) in [5.41, 5.74) is 0.656. The number of nitrogens with one attached hydrogen (secondary N) is 1. The molecule has 11 heteroatoms. The number of aldehydes is 1. The zero-order valence-electron chi connectivity index (χ0n) is 16.3. The first-order chi connectivity index (χ1) is 14.2. The summed E-state index contributed by atoms with van der Waals surface area (Å²) < 4.78 is 43.8. The van der Waals surface area contributed by atoms with Crippen LogP contribution in [0.2, 0.25) is 0 Å². The summed E-state index contributed by atoms with van der Waals surface area (Å²) >= 11 is 0.352. The van der Waals surface area contributed by atoms with Crippen molar-refractivity contribution in [3.8, 4) is 17.4 Å². The third-order valence-electron chi connectivity index (χ3n) is 3.61. The first-order valence-electron chi connectivity index (χ1n) is 8.64. The minimum absolute atomic E-state index is 0.00612. The highest BCUT2D eigenvalue weighted by Gasteiger charge is 2.35. The van der Waals surface area contributed by atoms with Crippen LogP contribution >= 0.6 is 11.3 Å². The average molecular weight is 440 g/mol. The van der Waals surface area contributed by atoms with Crippen LogP contribution in [-0.2, 0) is 11.0 Å². The Balaban J connectivity index is 0.00000101. The van der Waals surface area contributed by atoms with Crippen molar-refractivity contribution in [2.45, 2.75) is 26.1 Å². The molecule has 0 spiro atoms. The van der Waals surface area contributed by atoms with E-state index in [1.54, 1.807) is 6.08 Å². The average Bonchev–Trinajstić information content (AvgIpc) is 3.16. The number of carbonyl (C=O) groups excluding carboxylic acids is 1. The smallest absolute Gasteiger partial charge is 0.443 e. The van der Waals surface area contributed by atoms with Crippen LogP contribution in [0.5, 0.6) is 17.4 Å². The first-order valence-corrected chi connectivity index (χ1v) is 9.46. The fraction of sp³-hybridized carbons (Fsp3) is 0.263. The van der Waals surface area contributed by atoms with Gasteiger partial charge in [-0.15, -0.1) is 11.3 Å². The van der Waals surface area contributed by atoms with Gasteiger partial charge in [-0.3, -0.25) is 0 Å². The molecule has 1 atom stereocenters. The molecule has 0 aliphatic rings. The Bertz CT molecular complexity index is 1020. The summed E-state index contributed by atoms with van der Waals surface area (Å²) in [5, 5.41) is 12.2. The lowest BCUT2D eigenvalue weighted by molar-refractivity contribution is -0.137. The van der Waals surface area contributed by atoms with Crippen molar-refractivity contribution in [2.24, 2.45) is 0 Å². The monoisotopic (exact) mass is 440 g/mol. The van der Waals surface area contributed by atoms with E-state index in [1.807, 2.05) is 20.0 Å². The van der Waals surface area contributed by atoms with E-state index in [9.17, 15) is 18.3 Å². The van der Waals surface area contributed by atoms with E-state index in [0.717, 1.165) is 6.29 Å². The first kappa shape index (κ1) is 23.2. The highest BCUT2D eigenvalue weighted by atomic mass is 32.1. The molecule has 160 valence electrons. The number of fused-ring (bicyclic) bond motifs is 1. The zero-order chi connectivity index (χ0) is 22.3. The van der Waals surface area contributed by atoms with Crippen molar-refractivity contribution in [1.82, 2.24) is 20.3 Å². The number of phenolic OH excluding ortho intramolecular Hbond substituents is 1. The number of aromatic nitrogens is 3. The van der Waals surface area contributed by atoms with Gasteiger partial charge in [0, 0.05) is 6.04 Å². The van der Waals surface area contributed by atoms with Crippen LogP contribution in [0.1, 0.15) is 24.5 Å². The quantitative estimate of drug-likeness (QED) is 0.567. The minimum Gasteiger partial charge on any atom is -0.503 e. The largest absolute Gasteiger partial charge is 0.503 e. The van der Waals surface area contributed by atoms with Crippen LogP contribution in [-0.4, -0.2) is 39.4 Å². The van der Waals surface area contributed by atoms with Gasteiger partial charge < -0.3 is 20.0 Å². The number of halogens is 3. The maximum atomic E-state index is 12.8. The summed E-state index contributed by atoms with van der Waals surface area (Å²) in [6.45, 7) is 3.42. The van der Waals surface area contributed by atoms with Gasteiger partial charge in [-0.2, -0.15) is 13.2 Å². The van der Waals surface area contributed by atoms with Crippen LogP contribution in [0.15, 0.2) is 30.6 Å². The number of nitrogens with zero attached hydrogens (tertiary/aromatic N) is 3. The molecule has 3 aromatic rings. The molecular formula is C19H19F3N4O3S. The van der Waals surface area contributed by atoms with Gasteiger partial charge in [0.05, 0.1) is 23.6 Å². The van der Waals surface area contributed by atoms with Crippen molar-refractivity contribution in [1.29, 1.82) is 0 Å². The molecule has 1 aromatic carbocycles. The van der Waals surface area contributed by atoms with Gasteiger partial charge in [-0.1, -0.05) is 6.08 Å². The molecule has 0 amide bonds. The number of aromatic hydroxyl groups is 1. The van der Waals surface area contributed by atoms with Crippen LogP contribution in [0.25, 0.3) is 16.3 Å². The molecule has 3 rings (SSSR count). The van der Waals surface area contributed by atoms with Gasteiger partial charge in [-0.25, -0.2) is 15.0 Å². The van der Waals surface area contributed by atoms with Crippen LogP contribution in [0.3, 0.4) is 0 Å². The van der Waals surface area contributed by atoms with Crippen LogP contribution in [0, 0.1) is 0 Å². The van der Waals surface area contributed by atoms with Gasteiger partial charge in [0.15, 0.2) is 16.5 Å². The van der Waals surface area contributed by atoms with Gasteiger partial charge in [0.25, 0.3) is 0 Å². The number of alkyl halides is 3. The summed E-state index contributed by atoms with van der Waals surface area (Å²) in [4.78, 5) is 20.5. The van der Waals surface area contributed by atoms with E-state index < -0.39 is 16.9 Å². The second kappa shape index (κ2) is 10.1. The number of hydrogen-bond acceptors (Lipinski definition) is 8. The number of rotatable bonds is 5. The van der Waals surface area contributed by atoms with Crippen LogP contribution < -0.4 is 10.1 Å². The van der Waals surface area contributed by atoms with E-state index in [-0.39, 0.29) is 27.9 Å². The lowest BCUT2D eigenvalue weighted by Gasteiger charge is -2.07. The predicted molar refractivity (Wildman–Crippen MR) is 108 cm³/mol. The molecule has 2 aromatic heterocycles. The predicted octanol–water partition coefficient (Wildman–Crippen LogP) is 4.43. The lowest BCUT2D eigenvalue weighted by Crippen LogP contribution is -2.17. The molecule has 1 unspecified atom stereocenters. The molecule has 0 saturated heterocycles. The Morgan fingerprint density at radius 1 is 1.27 bits per heavy atom. The number of likely N-dealkylation sites (N-methyl/N-ethyl adjacent to an activating group) is 1. The molecule has 0 saturated carbocycles. The Kier molecular flexibility index (Phi) is 7.84. The molecule has 0 radical (unpaired) electrons. The van der Waals surface area contributed by atoms with E-state index >= 15 is 0 Å². The van der Waals surface area contributed by atoms with Crippen molar-refractivity contribution in [3.05, 3.63) is 41.3 Å². The van der Waals surface area contributed by atoms with Crippen molar-refractivity contribution in [3.63, 3.8) is 0 Å². The molecule has 2 heterocycles. The summed E-state index contributed by atoms with van der Waals surface area (Å²) in [6.07, 6.45) is 2.72. The highest BCUT2D eigenvalue weighted by Crippen LogP contribution is 2.43. The zero-order valence-corrected chi connectivity index (χ0v) is 17.1. The normalized spacial score (nSPS) is 12.5. The maximum Gasteiger partial charge on any atom is 0.443 e. The number of ether oxygens (including phenoxy) is 1. The number of benzene rings is 1. The van der Waals surface area contributed by atoms with Crippen molar-refractivity contribution >= 4 is 33.9 Å². The number of hydrogen-bond donors (Lipinski definition) is 2. The minimum atomic E-state index is -4.57. The summed E-state index contributed by atoms with van der Waals surface area (Å²) in [7, 11) is 1.84.